The van der Waals surface area contributed by atoms with Crippen molar-refractivity contribution in [3.05, 3.63) is 28.7 Å². The van der Waals surface area contributed by atoms with Gasteiger partial charge in [0.05, 0.1) is 6.10 Å². The van der Waals surface area contributed by atoms with Crippen molar-refractivity contribution in [2.45, 2.75) is 38.3 Å². The Morgan fingerprint density at radius 2 is 2.26 bits per heavy atom. The third kappa shape index (κ3) is 4.20. The molecule has 1 fully saturated rings. The van der Waals surface area contributed by atoms with Gasteiger partial charge in [0, 0.05) is 29.3 Å². The van der Waals surface area contributed by atoms with E-state index in [4.69, 9.17) is 5.73 Å². The second-order valence-corrected chi connectivity index (χ2v) is 6.46. The lowest BCUT2D eigenvalue weighted by Crippen LogP contribution is -2.47. The molecule has 106 valence electrons. The van der Waals surface area contributed by atoms with Crippen molar-refractivity contribution < 1.29 is 5.11 Å². The fraction of sp³-hybridized carbons (Fsp3) is 0.600. The van der Waals surface area contributed by atoms with Crippen LogP contribution in [0.1, 0.15) is 26.2 Å². The van der Waals surface area contributed by atoms with Gasteiger partial charge in [-0.3, -0.25) is 0 Å². The van der Waals surface area contributed by atoms with Gasteiger partial charge < -0.3 is 15.7 Å². The average molecular weight is 327 g/mol. The van der Waals surface area contributed by atoms with Gasteiger partial charge in [-0.05, 0) is 43.4 Å². The van der Waals surface area contributed by atoms with Crippen LogP contribution in [0.4, 0.5) is 5.69 Å². The Bertz CT molecular complexity index is 413. The topological polar surface area (TPSA) is 49.5 Å². The Kier molecular flexibility index (Phi) is 5.25. The van der Waals surface area contributed by atoms with Crippen molar-refractivity contribution in [3.8, 4) is 0 Å². The second kappa shape index (κ2) is 6.73. The summed E-state index contributed by atoms with van der Waals surface area (Å²) in [6.07, 6.45) is 2.50. The first-order valence-corrected chi connectivity index (χ1v) is 7.82. The van der Waals surface area contributed by atoms with Crippen LogP contribution in [0.5, 0.6) is 0 Å². The summed E-state index contributed by atoms with van der Waals surface area (Å²) in [5.41, 5.74) is 7.38. The van der Waals surface area contributed by atoms with Crippen LogP contribution >= 0.6 is 15.9 Å². The molecule has 19 heavy (non-hydrogen) atoms. The molecule has 0 amide bonds. The molecule has 1 aromatic rings. The SMILES string of the molecule is CCC(O)CC1CC(N)CN(c2cccc(Br)c2)C1. The largest absolute Gasteiger partial charge is 0.393 e. The summed E-state index contributed by atoms with van der Waals surface area (Å²) in [6.45, 7) is 3.91. The molecule has 1 aromatic carbocycles. The maximum Gasteiger partial charge on any atom is 0.0541 e. The summed E-state index contributed by atoms with van der Waals surface area (Å²) in [6, 6.07) is 8.53. The summed E-state index contributed by atoms with van der Waals surface area (Å²) in [5.74, 6) is 0.484. The first kappa shape index (κ1) is 14.8. The minimum absolute atomic E-state index is 0.195. The number of hydrogen-bond acceptors (Lipinski definition) is 3. The van der Waals surface area contributed by atoms with E-state index in [0.29, 0.717) is 5.92 Å². The molecular formula is C15H23BrN2O. The molecule has 3 unspecified atom stereocenters. The lowest BCUT2D eigenvalue weighted by atomic mass is 9.89. The molecular weight excluding hydrogens is 304 g/mol. The number of aliphatic hydroxyl groups excluding tert-OH is 1. The Hall–Kier alpha value is -0.580. The molecule has 1 aliphatic rings. The number of anilines is 1. The van der Waals surface area contributed by atoms with Gasteiger partial charge >= 0.3 is 0 Å². The molecule has 0 aromatic heterocycles. The molecule has 0 radical (unpaired) electrons. The van der Waals surface area contributed by atoms with Gasteiger partial charge in [-0.15, -0.1) is 0 Å². The molecule has 0 saturated carbocycles. The number of benzene rings is 1. The van der Waals surface area contributed by atoms with Crippen molar-refractivity contribution in [1.29, 1.82) is 0 Å². The van der Waals surface area contributed by atoms with Gasteiger partial charge in [-0.25, -0.2) is 0 Å². The zero-order valence-electron chi connectivity index (χ0n) is 11.4. The Balaban J connectivity index is 2.05. The van der Waals surface area contributed by atoms with Crippen molar-refractivity contribution in [1.82, 2.24) is 0 Å². The summed E-state index contributed by atoms with van der Waals surface area (Å²) >= 11 is 3.51. The van der Waals surface area contributed by atoms with Crippen LogP contribution in [0.3, 0.4) is 0 Å². The van der Waals surface area contributed by atoms with Crippen LogP contribution in [0.15, 0.2) is 28.7 Å². The van der Waals surface area contributed by atoms with E-state index in [-0.39, 0.29) is 12.1 Å². The van der Waals surface area contributed by atoms with Gasteiger partial charge in [-0.2, -0.15) is 0 Å². The van der Waals surface area contributed by atoms with E-state index in [1.165, 1.54) is 5.69 Å². The van der Waals surface area contributed by atoms with Crippen molar-refractivity contribution in [2.75, 3.05) is 18.0 Å². The number of nitrogens with zero attached hydrogens (tertiary/aromatic N) is 1. The first-order chi connectivity index (χ1) is 9.08. The highest BCUT2D eigenvalue weighted by Gasteiger charge is 2.26. The van der Waals surface area contributed by atoms with Crippen LogP contribution in [0.2, 0.25) is 0 Å². The van der Waals surface area contributed by atoms with E-state index in [2.05, 4.69) is 39.0 Å². The fourth-order valence-electron chi connectivity index (χ4n) is 2.85. The summed E-state index contributed by atoms with van der Waals surface area (Å²) in [4.78, 5) is 2.34. The summed E-state index contributed by atoms with van der Waals surface area (Å²) in [7, 11) is 0. The molecule has 2 rings (SSSR count). The van der Waals surface area contributed by atoms with E-state index >= 15 is 0 Å². The number of piperidine rings is 1. The van der Waals surface area contributed by atoms with Gasteiger partial charge in [-0.1, -0.05) is 28.9 Å². The van der Waals surface area contributed by atoms with E-state index in [9.17, 15) is 5.11 Å². The number of nitrogens with two attached hydrogens (primary N) is 1. The highest BCUT2D eigenvalue weighted by molar-refractivity contribution is 9.10. The maximum atomic E-state index is 9.83. The number of halogens is 1. The molecule has 1 aliphatic heterocycles. The quantitative estimate of drug-likeness (QED) is 0.894. The predicted molar refractivity (Wildman–Crippen MR) is 83.4 cm³/mol. The second-order valence-electron chi connectivity index (χ2n) is 5.54. The van der Waals surface area contributed by atoms with Gasteiger partial charge in [0.15, 0.2) is 0 Å². The molecule has 3 N–H and O–H groups in total. The Morgan fingerprint density at radius 3 is 2.95 bits per heavy atom. The normalized spacial score (nSPS) is 25.4. The Labute approximate surface area is 123 Å². The van der Waals surface area contributed by atoms with E-state index in [1.807, 2.05) is 13.0 Å². The molecule has 0 spiro atoms. The molecule has 1 saturated heterocycles. The van der Waals surface area contributed by atoms with Crippen LogP contribution in [0, 0.1) is 5.92 Å². The molecule has 3 atom stereocenters. The highest BCUT2D eigenvalue weighted by Crippen LogP contribution is 2.27. The minimum atomic E-state index is -0.195. The summed E-state index contributed by atoms with van der Waals surface area (Å²) < 4.78 is 1.09. The number of rotatable bonds is 4. The zero-order valence-corrected chi connectivity index (χ0v) is 13.0. The van der Waals surface area contributed by atoms with Gasteiger partial charge in [0.25, 0.3) is 0 Å². The van der Waals surface area contributed by atoms with E-state index < -0.39 is 0 Å². The molecule has 0 aliphatic carbocycles. The van der Waals surface area contributed by atoms with E-state index in [1.54, 1.807) is 0 Å². The third-order valence-electron chi connectivity index (χ3n) is 3.82. The van der Waals surface area contributed by atoms with Crippen LogP contribution in [-0.4, -0.2) is 30.3 Å². The average Bonchev–Trinajstić information content (AvgIpc) is 2.38. The van der Waals surface area contributed by atoms with Crippen LogP contribution in [0.25, 0.3) is 0 Å². The molecule has 0 bridgehead atoms. The number of hydrogen-bond donors (Lipinski definition) is 2. The molecule has 1 heterocycles. The minimum Gasteiger partial charge on any atom is -0.393 e. The standard InChI is InChI=1S/C15H23BrN2O/c1-2-15(19)7-11-6-13(17)10-18(9-11)14-5-3-4-12(16)8-14/h3-5,8,11,13,15,19H,2,6-7,9-10,17H2,1H3. The summed E-state index contributed by atoms with van der Waals surface area (Å²) in [5, 5.41) is 9.83. The fourth-order valence-corrected chi connectivity index (χ4v) is 3.24. The third-order valence-corrected chi connectivity index (χ3v) is 4.31. The smallest absolute Gasteiger partial charge is 0.0541 e. The molecule has 4 heteroatoms. The van der Waals surface area contributed by atoms with Crippen molar-refractivity contribution in [3.63, 3.8) is 0 Å². The maximum absolute atomic E-state index is 9.83. The van der Waals surface area contributed by atoms with Gasteiger partial charge in [0.2, 0.25) is 0 Å². The van der Waals surface area contributed by atoms with Crippen molar-refractivity contribution in [2.24, 2.45) is 11.7 Å². The predicted octanol–water partition coefficient (Wildman–Crippen LogP) is 2.76. The lowest BCUT2D eigenvalue weighted by Gasteiger charge is -2.38. The lowest BCUT2D eigenvalue weighted by molar-refractivity contribution is 0.131. The van der Waals surface area contributed by atoms with Crippen LogP contribution < -0.4 is 10.6 Å². The van der Waals surface area contributed by atoms with Gasteiger partial charge in [0.1, 0.15) is 0 Å². The van der Waals surface area contributed by atoms with Crippen molar-refractivity contribution >= 4 is 21.6 Å². The zero-order chi connectivity index (χ0) is 13.8. The van der Waals surface area contributed by atoms with E-state index in [0.717, 1.165) is 36.8 Å². The monoisotopic (exact) mass is 326 g/mol. The number of aliphatic hydroxyl groups is 1. The molecule has 3 nitrogen and oxygen atoms in total. The first-order valence-electron chi connectivity index (χ1n) is 7.02. The van der Waals surface area contributed by atoms with Crippen LogP contribution in [-0.2, 0) is 0 Å². The highest BCUT2D eigenvalue weighted by atomic mass is 79.9. The Morgan fingerprint density at radius 1 is 1.47 bits per heavy atom.